The molecule has 0 radical (unpaired) electrons. The van der Waals surface area contributed by atoms with Gasteiger partial charge in [0.15, 0.2) is 0 Å². The highest BCUT2D eigenvalue weighted by atomic mass is 19.1. The number of carbonyl (C=O) groups is 2. The standard InChI is InChI=1S/C22H26FN3O3/c1-15(2)20(25-21(27)16-3-5-17(23)6-4-16)22(28)24-18-7-9-19(10-8-18)26-11-13-29-14-12-26/h3-10,15,20H,11-14H2,1-2H3,(H,24,28)(H,25,27)/t20-/m0/s1. The van der Waals surface area contributed by atoms with Gasteiger partial charge in [-0.15, -0.1) is 0 Å². The van der Waals surface area contributed by atoms with Crippen LogP contribution in [0, 0.1) is 11.7 Å². The number of hydrogen-bond donors (Lipinski definition) is 2. The van der Waals surface area contributed by atoms with Gasteiger partial charge in [-0.05, 0) is 54.4 Å². The van der Waals surface area contributed by atoms with Gasteiger partial charge in [0.2, 0.25) is 5.91 Å². The molecule has 1 atom stereocenters. The minimum atomic E-state index is -0.716. The van der Waals surface area contributed by atoms with Crippen molar-refractivity contribution >= 4 is 23.2 Å². The van der Waals surface area contributed by atoms with Crippen LogP contribution >= 0.6 is 0 Å². The van der Waals surface area contributed by atoms with Crippen LogP contribution in [0.5, 0.6) is 0 Å². The van der Waals surface area contributed by atoms with E-state index in [1.165, 1.54) is 24.3 Å². The van der Waals surface area contributed by atoms with E-state index in [2.05, 4.69) is 15.5 Å². The fraction of sp³-hybridized carbons (Fsp3) is 0.364. The number of anilines is 2. The number of halogens is 1. The van der Waals surface area contributed by atoms with Crippen molar-refractivity contribution < 1.29 is 18.7 Å². The molecule has 0 saturated carbocycles. The van der Waals surface area contributed by atoms with E-state index in [0.29, 0.717) is 24.5 Å². The molecule has 6 nitrogen and oxygen atoms in total. The fourth-order valence-electron chi connectivity index (χ4n) is 3.16. The Balaban J connectivity index is 1.63. The third kappa shape index (κ3) is 5.54. The van der Waals surface area contributed by atoms with Gasteiger partial charge in [-0.25, -0.2) is 4.39 Å². The predicted octanol–water partition coefficient (Wildman–Crippen LogP) is 3.06. The van der Waals surface area contributed by atoms with Crippen molar-refractivity contribution in [2.45, 2.75) is 19.9 Å². The number of morpholine rings is 1. The number of amides is 2. The average molecular weight is 399 g/mol. The van der Waals surface area contributed by atoms with Crippen LogP contribution in [0.25, 0.3) is 0 Å². The Morgan fingerprint density at radius 3 is 2.21 bits per heavy atom. The molecule has 154 valence electrons. The lowest BCUT2D eigenvalue weighted by molar-refractivity contribution is -0.118. The van der Waals surface area contributed by atoms with Gasteiger partial charge in [-0.3, -0.25) is 9.59 Å². The first-order valence-electron chi connectivity index (χ1n) is 9.74. The van der Waals surface area contributed by atoms with E-state index in [4.69, 9.17) is 4.74 Å². The van der Waals surface area contributed by atoms with Crippen LogP contribution in [-0.4, -0.2) is 44.2 Å². The van der Waals surface area contributed by atoms with Crippen molar-refractivity contribution in [1.29, 1.82) is 0 Å². The molecule has 1 saturated heterocycles. The second kappa shape index (κ2) is 9.52. The van der Waals surface area contributed by atoms with Crippen molar-refractivity contribution in [3.8, 4) is 0 Å². The second-order valence-corrected chi connectivity index (χ2v) is 7.34. The summed E-state index contributed by atoms with van der Waals surface area (Å²) < 4.78 is 18.4. The number of ether oxygens (including phenoxy) is 1. The van der Waals surface area contributed by atoms with Gasteiger partial charge >= 0.3 is 0 Å². The zero-order chi connectivity index (χ0) is 20.8. The lowest BCUT2D eigenvalue weighted by Gasteiger charge is -2.29. The molecule has 2 aromatic carbocycles. The van der Waals surface area contributed by atoms with Crippen molar-refractivity contribution in [3.05, 3.63) is 59.9 Å². The van der Waals surface area contributed by atoms with E-state index in [1.54, 1.807) is 0 Å². The summed E-state index contributed by atoms with van der Waals surface area (Å²) in [7, 11) is 0. The quantitative estimate of drug-likeness (QED) is 0.783. The second-order valence-electron chi connectivity index (χ2n) is 7.34. The van der Waals surface area contributed by atoms with Crippen molar-refractivity contribution in [1.82, 2.24) is 5.32 Å². The number of carbonyl (C=O) groups excluding carboxylic acids is 2. The normalized spacial score (nSPS) is 15.1. The van der Waals surface area contributed by atoms with Crippen LogP contribution in [0.15, 0.2) is 48.5 Å². The number of hydrogen-bond acceptors (Lipinski definition) is 4. The molecule has 1 aliphatic heterocycles. The molecule has 1 fully saturated rings. The third-order valence-corrected chi connectivity index (χ3v) is 4.85. The smallest absolute Gasteiger partial charge is 0.251 e. The van der Waals surface area contributed by atoms with E-state index in [0.717, 1.165) is 18.8 Å². The van der Waals surface area contributed by atoms with Crippen molar-refractivity contribution in [3.63, 3.8) is 0 Å². The number of nitrogens with zero attached hydrogens (tertiary/aromatic N) is 1. The highest BCUT2D eigenvalue weighted by Gasteiger charge is 2.25. The number of rotatable bonds is 6. The Kier molecular flexibility index (Phi) is 6.82. The largest absolute Gasteiger partial charge is 0.378 e. The predicted molar refractivity (Wildman–Crippen MR) is 111 cm³/mol. The molecule has 29 heavy (non-hydrogen) atoms. The summed E-state index contributed by atoms with van der Waals surface area (Å²) in [5.74, 6) is -1.25. The lowest BCUT2D eigenvalue weighted by atomic mass is 10.0. The first-order chi connectivity index (χ1) is 13.9. The average Bonchev–Trinajstić information content (AvgIpc) is 2.73. The maximum Gasteiger partial charge on any atom is 0.251 e. The summed E-state index contributed by atoms with van der Waals surface area (Å²) in [5, 5.41) is 5.60. The van der Waals surface area contributed by atoms with Crippen LogP contribution in [0.3, 0.4) is 0 Å². The Bertz CT molecular complexity index is 831. The summed E-state index contributed by atoms with van der Waals surface area (Å²) in [5.41, 5.74) is 2.05. The molecule has 1 heterocycles. The molecule has 3 rings (SSSR count). The summed E-state index contributed by atoms with van der Waals surface area (Å²) in [6.45, 7) is 6.82. The molecule has 0 unspecified atom stereocenters. The van der Waals surface area contributed by atoms with Crippen molar-refractivity contribution in [2.75, 3.05) is 36.5 Å². The highest BCUT2D eigenvalue weighted by Crippen LogP contribution is 2.19. The van der Waals surface area contributed by atoms with E-state index in [-0.39, 0.29) is 11.8 Å². The monoisotopic (exact) mass is 399 g/mol. The topological polar surface area (TPSA) is 70.7 Å². The fourth-order valence-corrected chi connectivity index (χ4v) is 3.16. The molecular formula is C22H26FN3O3. The van der Waals surface area contributed by atoms with Gasteiger partial charge in [0, 0.05) is 30.0 Å². The van der Waals surface area contributed by atoms with Crippen LogP contribution in [0.4, 0.5) is 15.8 Å². The third-order valence-electron chi connectivity index (χ3n) is 4.85. The Morgan fingerprint density at radius 2 is 1.62 bits per heavy atom. The van der Waals surface area contributed by atoms with Crippen LogP contribution in [0.2, 0.25) is 0 Å². The maximum absolute atomic E-state index is 13.1. The summed E-state index contributed by atoms with van der Waals surface area (Å²) in [4.78, 5) is 27.4. The molecule has 0 spiro atoms. The van der Waals surface area contributed by atoms with Crippen LogP contribution in [-0.2, 0) is 9.53 Å². The highest BCUT2D eigenvalue weighted by molar-refractivity contribution is 6.01. The Hall–Kier alpha value is -2.93. The molecule has 2 N–H and O–H groups in total. The number of nitrogens with one attached hydrogen (secondary N) is 2. The van der Waals surface area contributed by atoms with Crippen LogP contribution in [0.1, 0.15) is 24.2 Å². The molecule has 7 heteroatoms. The van der Waals surface area contributed by atoms with E-state index >= 15 is 0 Å². The maximum atomic E-state index is 13.1. The molecule has 0 aromatic heterocycles. The van der Waals surface area contributed by atoms with Gasteiger partial charge in [0.05, 0.1) is 13.2 Å². The molecule has 2 aromatic rings. The van der Waals surface area contributed by atoms with Gasteiger partial charge in [0.25, 0.3) is 5.91 Å². The van der Waals surface area contributed by atoms with Crippen molar-refractivity contribution in [2.24, 2.45) is 5.92 Å². The SMILES string of the molecule is CC(C)[C@H](NC(=O)c1ccc(F)cc1)C(=O)Nc1ccc(N2CCOCC2)cc1. The minimum absolute atomic E-state index is 0.118. The summed E-state index contributed by atoms with van der Waals surface area (Å²) in [6.07, 6.45) is 0. The Labute approximate surface area is 170 Å². The first kappa shape index (κ1) is 20.8. The lowest BCUT2D eigenvalue weighted by Crippen LogP contribution is -2.47. The summed E-state index contributed by atoms with van der Waals surface area (Å²) >= 11 is 0. The van der Waals surface area contributed by atoms with E-state index in [9.17, 15) is 14.0 Å². The van der Waals surface area contributed by atoms with Gasteiger partial charge in [0.1, 0.15) is 11.9 Å². The minimum Gasteiger partial charge on any atom is -0.378 e. The zero-order valence-corrected chi connectivity index (χ0v) is 16.7. The zero-order valence-electron chi connectivity index (χ0n) is 16.7. The number of benzene rings is 2. The van der Waals surface area contributed by atoms with E-state index < -0.39 is 17.8 Å². The summed E-state index contributed by atoms with van der Waals surface area (Å²) in [6, 6.07) is 12.1. The van der Waals surface area contributed by atoms with E-state index in [1.807, 2.05) is 38.1 Å². The van der Waals surface area contributed by atoms with Gasteiger partial charge in [-0.2, -0.15) is 0 Å². The van der Waals surface area contributed by atoms with Crippen LogP contribution < -0.4 is 15.5 Å². The van der Waals surface area contributed by atoms with Gasteiger partial charge < -0.3 is 20.3 Å². The molecular weight excluding hydrogens is 373 g/mol. The molecule has 0 bridgehead atoms. The molecule has 1 aliphatic rings. The van der Waals surface area contributed by atoms with Gasteiger partial charge in [-0.1, -0.05) is 13.8 Å². The Morgan fingerprint density at radius 1 is 1.00 bits per heavy atom. The first-order valence-corrected chi connectivity index (χ1v) is 9.74. The molecule has 0 aliphatic carbocycles. The molecule has 2 amide bonds.